The van der Waals surface area contributed by atoms with Crippen molar-refractivity contribution < 1.29 is 14.6 Å². The molecular formula is C16H24N2O3. The van der Waals surface area contributed by atoms with Crippen LogP contribution in [0.4, 0.5) is 5.69 Å². The minimum atomic E-state index is -0.744. The molecule has 5 nitrogen and oxygen atoms in total. The third kappa shape index (κ3) is 4.36. The molecule has 1 aliphatic heterocycles. The molecule has 0 aliphatic carbocycles. The van der Waals surface area contributed by atoms with E-state index in [1.54, 1.807) is 0 Å². The average molecular weight is 292 g/mol. The van der Waals surface area contributed by atoms with Crippen molar-refractivity contribution in [3.63, 3.8) is 0 Å². The van der Waals surface area contributed by atoms with Crippen LogP contribution < -0.4 is 10.1 Å². The normalized spacial score (nSPS) is 15.0. The summed E-state index contributed by atoms with van der Waals surface area (Å²) in [7, 11) is 2.00. The standard InChI is InChI=1S/C16H24N2O3/c1-3-13(18(2)8-6-16(19)20)10-12-4-5-15-14(11-12)17-7-9-21-15/h4-5,11,13,17H,3,6-10H2,1-2H3,(H,19,20). The van der Waals surface area contributed by atoms with Gasteiger partial charge in [0.05, 0.1) is 12.1 Å². The molecule has 1 atom stereocenters. The summed E-state index contributed by atoms with van der Waals surface area (Å²) in [5, 5.41) is 12.1. The quantitative estimate of drug-likeness (QED) is 0.807. The number of carboxylic acids is 1. The van der Waals surface area contributed by atoms with E-state index in [0.717, 1.165) is 30.8 Å². The van der Waals surface area contributed by atoms with Crippen LogP contribution in [0.25, 0.3) is 0 Å². The zero-order chi connectivity index (χ0) is 15.2. The number of likely N-dealkylation sites (N-methyl/N-ethyl adjacent to an activating group) is 1. The van der Waals surface area contributed by atoms with Crippen LogP contribution in [0.2, 0.25) is 0 Å². The number of carboxylic acid groups (broad SMARTS) is 1. The van der Waals surface area contributed by atoms with E-state index in [4.69, 9.17) is 9.84 Å². The predicted octanol–water partition coefficient (Wildman–Crippen LogP) is 2.22. The highest BCUT2D eigenvalue weighted by Gasteiger charge is 2.16. The Bertz CT molecular complexity index is 490. The smallest absolute Gasteiger partial charge is 0.304 e. The number of hydrogen-bond acceptors (Lipinski definition) is 4. The lowest BCUT2D eigenvalue weighted by Crippen LogP contribution is -2.34. The predicted molar refractivity (Wildman–Crippen MR) is 83.1 cm³/mol. The Labute approximate surface area is 125 Å². The molecule has 5 heteroatoms. The van der Waals surface area contributed by atoms with Crippen LogP contribution in [0, 0.1) is 0 Å². The number of nitrogens with one attached hydrogen (secondary N) is 1. The van der Waals surface area contributed by atoms with Crippen LogP contribution in [0.5, 0.6) is 5.75 Å². The molecule has 1 unspecified atom stereocenters. The van der Waals surface area contributed by atoms with Gasteiger partial charge in [-0.05, 0) is 37.6 Å². The van der Waals surface area contributed by atoms with E-state index in [1.807, 2.05) is 13.1 Å². The summed E-state index contributed by atoms with van der Waals surface area (Å²) < 4.78 is 5.58. The number of carbonyl (C=O) groups is 1. The zero-order valence-electron chi connectivity index (χ0n) is 12.8. The number of anilines is 1. The molecule has 2 rings (SSSR count). The summed E-state index contributed by atoms with van der Waals surface area (Å²) >= 11 is 0. The fraction of sp³-hybridized carbons (Fsp3) is 0.562. The first-order valence-corrected chi connectivity index (χ1v) is 7.51. The number of fused-ring (bicyclic) bond motifs is 1. The molecule has 0 fully saturated rings. The fourth-order valence-electron chi connectivity index (χ4n) is 2.65. The first-order valence-electron chi connectivity index (χ1n) is 7.51. The molecule has 0 amide bonds. The van der Waals surface area contributed by atoms with E-state index < -0.39 is 5.97 Å². The lowest BCUT2D eigenvalue weighted by Gasteiger charge is -2.27. The molecule has 1 aliphatic rings. The Kier molecular flexibility index (Phi) is 5.44. The summed E-state index contributed by atoms with van der Waals surface area (Å²) in [5.74, 6) is 0.170. The first-order chi connectivity index (χ1) is 10.1. The minimum absolute atomic E-state index is 0.187. The summed E-state index contributed by atoms with van der Waals surface area (Å²) in [6, 6.07) is 6.61. The van der Waals surface area contributed by atoms with Crippen molar-refractivity contribution in [2.75, 3.05) is 32.1 Å². The zero-order valence-corrected chi connectivity index (χ0v) is 12.8. The molecule has 1 aromatic carbocycles. The number of ether oxygens (including phenoxy) is 1. The second-order valence-corrected chi connectivity index (χ2v) is 5.50. The summed E-state index contributed by atoms with van der Waals surface area (Å²) in [6.07, 6.45) is 2.10. The van der Waals surface area contributed by atoms with E-state index in [9.17, 15) is 4.79 Å². The van der Waals surface area contributed by atoms with E-state index in [0.29, 0.717) is 19.2 Å². The Morgan fingerprint density at radius 3 is 3.05 bits per heavy atom. The molecule has 0 spiro atoms. The molecule has 1 aromatic rings. The Balaban J connectivity index is 1.99. The van der Waals surface area contributed by atoms with Crippen molar-refractivity contribution in [3.05, 3.63) is 23.8 Å². The molecule has 0 radical (unpaired) electrons. The SMILES string of the molecule is CCC(Cc1ccc2c(c1)NCCO2)N(C)CCC(=O)O. The van der Waals surface area contributed by atoms with E-state index in [-0.39, 0.29) is 6.42 Å². The van der Waals surface area contributed by atoms with Crippen molar-refractivity contribution in [1.82, 2.24) is 4.90 Å². The molecule has 0 aromatic heterocycles. The summed E-state index contributed by atoms with van der Waals surface area (Å²) in [5.41, 5.74) is 2.31. The molecule has 0 bridgehead atoms. The topological polar surface area (TPSA) is 61.8 Å². The van der Waals surface area contributed by atoms with Crippen LogP contribution in [0.15, 0.2) is 18.2 Å². The number of rotatable bonds is 7. The van der Waals surface area contributed by atoms with E-state index in [1.165, 1.54) is 5.56 Å². The highest BCUT2D eigenvalue weighted by molar-refractivity contribution is 5.66. The lowest BCUT2D eigenvalue weighted by atomic mass is 10.0. The minimum Gasteiger partial charge on any atom is -0.490 e. The second kappa shape index (κ2) is 7.31. The van der Waals surface area contributed by atoms with Crippen molar-refractivity contribution in [2.24, 2.45) is 0 Å². The van der Waals surface area contributed by atoms with Crippen molar-refractivity contribution >= 4 is 11.7 Å². The van der Waals surface area contributed by atoms with Gasteiger partial charge in [-0.3, -0.25) is 4.79 Å². The number of nitrogens with zero attached hydrogens (tertiary/aromatic N) is 1. The van der Waals surface area contributed by atoms with Crippen molar-refractivity contribution in [1.29, 1.82) is 0 Å². The van der Waals surface area contributed by atoms with E-state index in [2.05, 4.69) is 29.3 Å². The largest absolute Gasteiger partial charge is 0.490 e. The van der Waals surface area contributed by atoms with Gasteiger partial charge in [0, 0.05) is 19.1 Å². The van der Waals surface area contributed by atoms with E-state index >= 15 is 0 Å². The highest BCUT2D eigenvalue weighted by atomic mass is 16.5. The monoisotopic (exact) mass is 292 g/mol. The van der Waals surface area contributed by atoms with Gasteiger partial charge in [-0.15, -0.1) is 0 Å². The van der Waals surface area contributed by atoms with Gasteiger partial charge in [-0.2, -0.15) is 0 Å². The summed E-state index contributed by atoms with van der Waals surface area (Å²) in [6.45, 7) is 4.27. The van der Waals surface area contributed by atoms with Gasteiger partial charge >= 0.3 is 5.97 Å². The van der Waals surface area contributed by atoms with Crippen LogP contribution >= 0.6 is 0 Å². The van der Waals surface area contributed by atoms with Crippen molar-refractivity contribution in [2.45, 2.75) is 32.2 Å². The molecule has 2 N–H and O–H groups in total. The lowest BCUT2D eigenvalue weighted by molar-refractivity contribution is -0.137. The molecule has 0 saturated carbocycles. The van der Waals surface area contributed by atoms with Gasteiger partial charge < -0.3 is 20.1 Å². The maximum absolute atomic E-state index is 10.7. The molecular weight excluding hydrogens is 268 g/mol. The Hall–Kier alpha value is -1.75. The van der Waals surface area contributed by atoms with Gasteiger partial charge in [0.2, 0.25) is 0 Å². The van der Waals surface area contributed by atoms with Gasteiger partial charge in [0.25, 0.3) is 0 Å². The van der Waals surface area contributed by atoms with Crippen LogP contribution in [-0.2, 0) is 11.2 Å². The van der Waals surface area contributed by atoms with Crippen LogP contribution in [0.3, 0.4) is 0 Å². The van der Waals surface area contributed by atoms with Gasteiger partial charge in [-0.1, -0.05) is 13.0 Å². The number of benzene rings is 1. The van der Waals surface area contributed by atoms with Crippen molar-refractivity contribution in [3.8, 4) is 5.75 Å². The Morgan fingerprint density at radius 2 is 2.33 bits per heavy atom. The van der Waals surface area contributed by atoms with Gasteiger partial charge in [0.1, 0.15) is 12.4 Å². The maximum atomic E-state index is 10.7. The number of hydrogen-bond donors (Lipinski definition) is 2. The molecule has 21 heavy (non-hydrogen) atoms. The maximum Gasteiger partial charge on any atom is 0.304 e. The van der Waals surface area contributed by atoms with Gasteiger partial charge in [-0.25, -0.2) is 0 Å². The number of aliphatic carboxylic acids is 1. The second-order valence-electron chi connectivity index (χ2n) is 5.50. The fourth-order valence-corrected chi connectivity index (χ4v) is 2.65. The van der Waals surface area contributed by atoms with Crippen LogP contribution in [-0.4, -0.2) is 48.8 Å². The summed E-state index contributed by atoms with van der Waals surface area (Å²) in [4.78, 5) is 12.8. The first kappa shape index (κ1) is 15.6. The third-order valence-corrected chi connectivity index (χ3v) is 3.96. The Morgan fingerprint density at radius 1 is 1.52 bits per heavy atom. The molecule has 0 saturated heterocycles. The van der Waals surface area contributed by atoms with Crippen LogP contribution in [0.1, 0.15) is 25.3 Å². The third-order valence-electron chi connectivity index (χ3n) is 3.96. The highest BCUT2D eigenvalue weighted by Crippen LogP contribution is 2.28. The van der Waals surface area contributed by atoms with Gasteiger partial charge in [0.15, 0.2) is 0 Å². The molecule has 1 heterocycles. The molecule has 116 valence electrons. The average Bonchev–Trinajstić information content (AvgIpc) is 2.50.